The van der Waals surface area contributed by atoms with Crippen LogP contribution in [0.15, 0.2) is 149 Å². The van der Waals surface area contributed by atoms with E-state index in [0.29, 0.717) is 0 Å². The summed E-state index contributed by atoms with van der Waals surface area (Å²) in [6, 6.07) is 42.0. The van der Waals surface area contributed by atoms with Gasteiger partial charge in [0.05, 0.1) is 30.2 Å². The third-order valence-electron chi connectivity index (χ3n) is 9.48. The molecule has 0 spiro atoms. The molecule has 2 aliphatic heterocycles. The van der Waals surface area contributed by atoms with Gasteiger partial charge in [0.25, 0.3) is 5.69 Å². The number of hydrogen-bond acceptors (Lipinski definition) is 6. The lowest BCUT2D eigenvalue weighted by atomic mass is 9.73. The van der Waals surface area contributed by atoms with E-state index in [0.717, 1.165) is 37.1 Å². The van der Waals surface area contributed by atoms with Crippen LogP contribution in [0.25, 0.3) is 0 Å². The highest BCUT2D eigenvalue weighted by molar-refractivity contribution is 9.10. The SMILES string of the molecule is O=C1CN(S(=O)(=O)c2ccccc2[N+](=O)[O-])C[C@H]2[C@@H](c3ccc(Br)cc3)[C@@H](COC(c3ccccc3)(c3ccccc3)c3ccccc3)N12. The maximum atomic E-state index is 14.0. The van der Waals surface area contributed by atoms with Crippen molar-refractivity contribution in [1.82, 2.24) is 9.21 Å². The van der Waals surface area contributed by atoms with Gasteiger partial charge in [-0.05, 0) is 40.5 Å². The maximum absolute atomic E-state index is 14.0. The van der Waals surface area contributed by atoms with Crippen molar-refractivity contribution in [2.24, 2.45) is 0 Å². The predicted molar refractivity (Wildman–Crippen MR) is 188 cm³/mol. The number of ether oxygens (including phenoxy) is 1. The minimum absolute atomic E-state index is 0.0153. The zero-order valence-corrected chi connectivity index (χ0v) is 28.6. The summed E-state index contributed by atoms with van der Waals surface area (Å²) in [4.78, 5) is 26.3. The number of carbonyl (C=O) groups excluding carboxylic acids is 1. The van der Waals surface area contributed by atoms with Gasteiger partial charge in [-0.2, -0.15) is 4.31 Å². The molecule has 5 aromatic rings. The number of nitro benzene ring substituents is 1. The first kappa shape index (κ1) is 32.8. The first-order chi connectivity index (χ1) is 23.7. The van der Waals surface area contributed by atoms with E-state index in [2.05, 4.69) is 15.9 Å². The third-order valence-corrected chi connectivity index (χ3v) is 11.9. The van der Waals surface area contributed by atoms with E-state index in [1.165, 1.54) is 18.2 Å². The Morgan fingerprint density at radius 1 is 0.776 bits per heavy atom. The van der Waals surface area contributed by atoms with Crippen LogP contribution in [0.2, 0.25) is 0 Å². The van der Waals surface area contributed by atoms with E-state index in [9.17, 15) is 23.3 Å². The van der Waals surface area contributed by atoms with E-state index < -0.39 is 49.8 Å². The molecule has 9 nitrogen and oxygen atoms in total. The zero-order valence-electron chi connectivity index (χ0n) is 26.2. The van der Waals surface area contributed by atoms with E-state index in [1.807, 2.05) is 115 Å². The van der Waals surface area contributed by atoms with Crippen molar-refractivity contribution >= 4 is 37.5 Å². The van der Waals surface area contributed by atoms with Gasteiger partial charge in [0, 0.05) is 23.0 Å². The fraction of sp³-hybridized carbons (Fsp3) is 0.184. The number of para-hydroxylation sites is 1. The largest absolute Gasteiger partial charge is 0.359 e. The molecule has 2 fully saturated rings. The fourth-order valence-electron chi connectivity index (χ4n) is 7.26. The van der Waals surface area contributed by atoms with Crippen LogP contribution in [0.3, 0.4) is 0 Å². The number of nitro groups is 1. The second kappa shape index (κ2) is 13.3. The molecule has 248 valence electrons. The number of amides is 1. The lowest BCUT2D eigenvalue weighted by molar-refractivity contribution is -0.387. The molecule has 3 atom stereocenters. The Kier molecular flexibility index (Phi) is 8.93. The third kappa shape index (κ3) is 5.86. The van der Waals surface area contributed by atoms with Crippen molar-refractivity contribution in [2.45, 2.75) is 28.5 Å². The molecule has 2 heterocycles. The van der Waals surface area contributed by atoms with Crippen LogP contribution >= 0.6 is 15.9 Å². The normalized spacial score (nSPS) is 19.6. The highest BCUT2D eigenvalue weighted by atomic mass is 79.9. The Balaban J connectivity index is 1.27. The van der Waals surface area contributed by atoms with Crippen LogP contribution in [-0.2, 0) is 25.2 Å². The molecule has 0 saturated carbocycles. The van der Waals surface area contributed by atoms with Crippen molar-refractivity contribution in [3.63, 3.8) is 0 Å². The minimum Gasteiger partial charge on any atom is -0.359 e. The molecule has 0 bridgehead atoms. The Bertz CT molecular complexity index is 1990. The maximum Gasteiger partial charge on any atom is 0.289 e. The monoisotopic (exact) mass is 737 g/mol. The van der Waals surface area contributed by atoms with Crippen LogP contribution in [-0.4, -0.2) is 60.2 Å². The van der Waals surface area contributed by atoms with Gasteiger partial charge in [-0.25, -0.2) is 8.42 Å². The molecule has 1 amide bonds. The van der Waals surface area contributed by atoms with Gasteiger partial charge in [-0.1, -0.05) is 131 Å². The van der Waals surface area contributed by atoms with E-state index >= 15 is 0 Å². The molecular weight excluding hydrogens is 706 g/mol. The molecule has 0 unspecified atom stereocenters. The van der Waals surface area contributed by atoms with Crippen molar-refractivity contribution in [3.05, 3.63) is 176 Å². The summed E-state index contributed by atoms with van der Waals surface area (Å²) < 4.78 is 36.8. The number of fused-ring (bicyclic) bond motifs is 1. The van der Waals surface area contributed by atoms with Crippen LogP contribution < -0.4 is 0 Å². The molecule has 5 aromatic carbocycles. The van der Waals surface area contributed by atoms with Gasteiger partial charge in [0.1, 0.15) is 5.60 Å². The molecule has 49 heavy (non-hydrogen) atoms. The lowest BCUT2D eigenvalue weighted by Crippen LogP contribution is -2.73. The number of nitrogens with zero attached hydrogens (tertiary/aromatic N) is 3. The number of piperazine rings is 1. The van der Waals surface area contributed by atoms with E-state index in [4.69, 9.17) is 4.74 Å². The summed E-state index contributed by atoms with van der Waals surface area (Å²) in [5.74, 6) is -0.661. The molecule has 0 N–H and O–H groups in total. The molecule has 7 rings (SSSR count). The Labute approximate surface area is 293 Å². The summed E-state index contributed by atoms with van der Waals surface area (Å²) in [5.41, 5.74) is 2.17. The average molecular weight is 739 g/mol. The van der Waals surface area contributed by atoms with Crippen LogP contribution in [0.5, 0.6) is 0 Å². The molecular formula is C38H32BrN3O6S. The number of hydrogen-bond donors (Lipinski definition) is 0. The number of carbonyl (C=O) groups is 1. The summed E-state index contributed by atoms with van der Waals surface area (Å²) in [6.07, 6.45) is 0. The van der Waals surface area contributed by atoms with Crippen LogP contribution in [0.1, 0.15) is 28.2 Å². The molecule has 11 heteroatoms. The molecule has 0 aromatic heterocycles. The average Bonchev–Trinajstić information content (AvgIpc) is 3.12. The van der Waals surface area contributed by atoms with Crippen LogP contribution in [0.4, 0.5) is 5.69 Å². The fourth-order valence-corrected chi connectivity index (χ4v) is 9.09. The molecule has 0 aliphatic carbocycles. The van der Waals surface area contributed by atoms with Gasteiger partial charge < -0.3 is 9.64 Å². The summed E-state index contributed by atoms with van der Waals surface area (Å²) in [7, 11) is -4.36. The second-order valence-electron chi connectivity index (χ2n) is 12.1. The highest BCUT2D eigenvalue weighted by Crippen LogP contribution is 2.47. The van der Waals surface area contributed by atoms with Crippen molar-refractivity contribution in [2.75, 3.05) is 19.7 Å². The number of benzene rings is 5. The van der Waals surface area contributed by atoms with Gasteiger partial charge in [-0.15, -0.1) is 0 Å². The Morgan fingerprint density at radius 3 is 1.82 bits per heavy atom. The standard InChI is InChI=1S/C38H32BrN3O6S/c39-31-22-20-27(21-23-31)37-33-24-40(49(46,47)35-19-11-10-18-32(35)42(44)45)25-36(43)41(33)34(37)26-48-38(28-12-4-1-5-13-28,29-14-6-2-7-15-29)30-16-8-3-9-17-30/h1-23,33-34,37H,24-26H2/t33-,34+,37+/m0/s1. The molecule has 2 aliphatic rings. The van der Waals surface area contributed by atoms with Gasteiger partial charge in [-0.3, -0.25) is 14.9 Å². The van der Waals surface area contributed by atoms with Crippen molar-refractivity contribution in [1.29, 1.82) is 0 Å². The number of rotatable bonds is 10. The Morgan fingerprint density at radius 2 is 1.29 bits per heavy atom. The summed E-state index contributed by atoms with van der Waals surface area (Å²) >= 11 is 3.51. The van der Waals surface area contributed by atoms with Gasteiger partial charge in [0.2, 0.25) is 15.9 Å². The van der Waals surface area contributed by atoms with Gasteiger partial charge >= 0.3 is 0 Å². The second-order valence-corrected chi connectivity index (χ2v) is 14.9. The zero-order chi connectivity index (χ0) is 34.2. The Hall–Kier alpha value is -4.68. The number of sulfonamides is 1. The summed E-state index contributed by atoms with van der Waals surface area (Å²) in [6.45, 7) is -0.299. The first-order valence-electron chi connectivity index (χ1n) is 15.8. The lowest BCUT2D eigenvalue weighted by Gasteiger charge is -2.59. The molecule has 2 saturated heterocycles. The topological polar surface area (TPSA) is 110 Å². The van der Waals surface area contributed by atoms with Crippen molar-refractivity contribution < 1.29 is 22.9 Å². The smallest absolute Gasteiger partial charge is 0.289 e. The van der Waals surface area contributed by atoms with Crippen LogP contribution in [0, 0.1) is 10.1 Å². The number of halogens is 1. The predicted octanol–water partition coefficient (Wildman–Crippen LogP) is 6.73. The first-order valence-corrected chi connectivity index (χ1v) is 18.1. The quantitative estimate of drug-likeness (QED) is 0.0893. The highest BCUT2D eigenvalue weighted by Gasteiger charge is 2.57. The summed E-state index contributed by atoms with van der Waals surface area (Å²) in [5, 5.41) is 11.7. The van der Waals surface area contributed by atoms with E-state index in [1.54, 1.807) is 4.90 Å². The minimum atomic E-state index is -4.36. The van der Waals surface area contributed by atoms with Crippen molar-refractivity contribution in [3.8, 4) is 0 Å². The van der Waals surface area contributed by atoms with E-state index in [-0.39, 0.29) is 25.0 Å². The molecule has 0 radical (unpaired) electrons. The van der Waals surface area contributed by atoms with Gasteiger partial charge in [0.15, 0.2) is 4.90 Å².